The molecule has 0 aliphatic heterocycles. The molecule has 2 N–H and O–H groups in total. The molecule has 4 rings (SSSR count). The van der Waals surface area contributed by atoms with Crippen LogP contribution in [0.3, 0.4) is 0 Å². The minimum Gasteiger partial charge on any atom is -0.493 e. The van der Waals surface area contributed by atoms with Crippen molar-refractivity contribution in [3.8, 4) is 11.5 Å². The number of anilines is 2. The highest BCUT2D eigenvalue weighted by Crippen LogP contribution is 2.34. The maximum atomic E-state index is 13.6. The molecular weight excluding hydrogens is 435 g/mol. The zero-order valence-electron chi connectivity index (χ0n) is 19.0. The van der Waals surface area contributed by atoms with Gasteiger partial charge in [0, 0.05) is 35.8 Å². The molecule has 0 spiro atoms. The van der Waals surface area contributed by atoms with Gasteiger partial charge in [-0.3, -0.25) is 4.79 Å². The molecule has 0 bridgehead atoms. The van der Waals surface area contributed by atoms with E-state index in [0.717, 1.165) is 22.9 Å². The number of hydrogen-bond donors (Lipinski definition) is 2. The average Bonchev–Trinajstić information content (AvgIpc) is 2.86. The quantitative estimate of drug-likeness (QED) is 0.259. The number of ether oxygens (including phenoxy) is 2. The van der Waals surface area contributed by atoms with Gasteiger partial charge in [0.2, 0.25) is 0 Å². The number of methoxy groups -OCH3 is 1. The lowest BCUT2D eigenvalue weighted by molar-refractivity contribution is 0.112. The van der Waals surface area contributed by atoms with Crippen LogP contribution in [-0.4, -0.2) is 36.5 Å². The van der Waals surface area contributed by atoms with Gasteiger partial charge in [-0.05, 0) is 42.3 Å². The van der Waals surface area contributed by atoms with Crippen molar-refractivity contribution in [2.45, 2.75) is 13.5 Å². The fourth-order valence-electron chi connectivity index (χ4n) is 3.48. The molecule has 34 heavy (non-hydrogen) atoms. The van der Waals surface area contributed by atoms with Crippen molar-refractivity contribution >= 4 is 28.7 Å². The molecule has 0 amide bonds. The largest absolute Gasteiger partial charge is 0.493 e. The molecule has 0 aliphatic carbocycles. The number of carbonyl (C=O) groups is 1. The molecule has 8 heteroatoms. The number of nitrogens with one attached hydrogen (secondary N) is 2. The molecule has 0 fully saturated rings. The Bertz CT molecular complexity index is 1300. The van der Waals surface area contributed by atoms with Gasteiger partial charge in [-0.1, -0.05) is 24.3 Å². The van der Waals surface area contributed by atoms with Gasteiger partial charge >= 0.3 is 0 Å². The Balaban J connectivity index is 1.45. The molecule has 3 aromatic carbocycles. The minimum absolute atomic E-state index is 0.259. The van der Waals surface area contributed by atoms with Crippen molar-refractivity contribution in [3.05, 3.63) is 83.4 Å². The first kappa shape index (κ1) is 23.1. The topological polar surface area (TPSA) is 85.4 Å². The second-order valence-electron chi connectivity index (χ2n) is 7.72. The highest BCUT2D eigenvalue weighted by Gasteiger charge is 2.12. The summed E-state index contributed by atoms with van der Waals surface area (Å²) in [6.45, 7) is 3.41. The van der Waals surface area contributed by atoms with Crippen molar-refractivity contribution in [2.24, 2.45) is 0 Å². The molecule has 7 nitrogen and oxygen atoms in total. The summed E-state index contributed by atoms with van der Waals surface area (Å²) in [6, 6.07) is 15.9. The smallest absolute Gasteiger partial charge is 0.162 e. The Morgan fingerprint density at radius 3 is 2.59 bits per heavy atom. The van der Waals surface area contributed by atoms with E-state index >= 15 is 0 Å². The highest BCUT2D eigenvalue weighted by molar-refractivity contribution is 5.93. The van der Waals surface area contributed by atoms with Crippen LogP contribution < -0.4 is 20.1 Å². The minimum atomic E-state index is -0.259. The van der Waals surface area contributed by atoms with Crippen LogP contribution in [0, 0.1) is 12.7 Å². The third-order valence-corrected chi connectivity index (χ3v) is 5.32. The molecular formula is C26H25FN4O3. The van der Waals surface area contributed by atoms with E-state index in [2.05, 4.69) is 20.6 Å². The van der Waals surface area contributed by atoms with Crippen LogP contribution in [0.4, 0.5) is 15.9 Å². The number of fused-ring (bicyclic) bond motifs is 1. The molecule has 0 saturated heterocycles. The summed E-state index contributed by atoms with van der Waals surface area (Å²) in [5, 5.41) is 7.30. The van der Waals surface area contributed by atoms with E-state index in [-0.39, 0.29) is 5.82 Å². The van der Waals surface area contributed by atoms with Crippen LogP contribution >= 0.6 is 0 Å². The first-order valence-corrected chi connectivity index (χ1v) is 10.8. The number of nitrogens with zero attached hydrogens (tertiary/aromatic N) is 2. The van der Waals surface area contributed by atoms with Crippen molar-refractivity contribution in [2.75, 3.05) is 25.6 Å². The zero-order valence-corrected chi connectivity index (χ0v) is 19.0. The summed E-state index contributed by atoms with van der Waals surface area (Å²) in [5.74, 6) is 1.46. The number of halogens is 1. The Labute approximate surface area is 197 Å². The number of hydrogen-bond acceptors (Lipinski definition) is 7. The van der Waals surface area contributed by atoms with Crippen molar-refractivity contribution in [1.29, 1.82) is 0 Å². The summed E-state index contributed by atoms with van der Waals surface area (Å²) in [5.41, 5.74) is 3.70. The van der Waals surface area contributed by atoms with Gasteiger partial charge in [0.25, 0.3) is 0 Å². The summed E-state index contributed by atoms with van der Waals surface area (Å²) < 4.78 is 25.1. The molecule has 1 heterocycles. The lowest BCUT2D eigenvalue weighted by Gasteiger charge is -2.14. The molecule has 1 aromatic heterocycles. The fourth-order valence-corrected chi connectivity index (χ4v) is 3.48. The number of aldehydes is 1. The maximum Gasteiger partial charge on any atom is 0.162 e. The first-order valence-electron chi connectivity index (χ1n) is 10.8. The number of aryl methyl sites for hydroxylation is 1. The fraction of sp³-hybridized carbons (Fsp3) is 0.192. The Hall–Kier alpha value is -4.04. The van der Waals surface area contributed by atoms with Gasteiger partial charge in [0.05, 0.1) is 12.6 Å². The molecule has 0 radical (unpaired) electrons. The van der Waals surface area contributed by atoms with Crippen LogP contribution in [0.25, 0.3) is 10.9 Å². The number of carbonyl (C=O) groups excluding carboxylic acids is 1. The molecule has 0 aliphatic rings. The van der Waals surface area contributed by atoms with Crippen LogP contribution in [0.5, 0.6) is 11.5 Å². The van der Waals surface area contributed by atoms with E-state index in [4.69, 9.17) is 9.47 Å². The second kappa shape index (κ2) is 10.7. The standard InChI is InChI=1S/C26H25FN4O3/c1-17-11-20(7-8-22(17)27)31-26-21-12-25(24(33-2)13-23(21)29-16-30-26)34-10-9-28-14-18-3-5-19(15-32)6-4-18/h3-8,11-13,15-16,28H,9-10,14H2,1-2H3,(H,29,30,31). The summed E-state index contributed by atoms with van der Waals surface area (Å²) in [7, 11) is 1.58. The van der Waals surface area contributed by atoms with Crippen molar-refractivity contribution in [3.63, 3.8) is 0 Å². The predicted molar refractivity (Wildman–Crippen MR) is 130 cm³/mol. The molecule has 4 aromatic rings. The predicted octanol–water partition coefficient (Wildman–Crippen LogP) is 4.81. The lowest BCUT2D eigenvalue weighted by atomic mass is 10.1. The summed E-state index contributed by atoms with van der Waals surface area (Å²) >= 11 is 0. The van der Waals surface area contributed by atoms with Gasteiger partial charge in [0.15, 0.2) is 11.5 Å². The van der Waals surface area contributed by atoms with Crippen molar-refractivity contribution < 1.29 is 18.7 Å². The lowest BCUT2D eigenvalue weighted by Crippen LogP contribution is -2.20. The monoisotopic (exact) mass is 460 g/mol. The third kappa shape index (κ3) is 5.47. The van der Waals surface area contributed by atoms with Gasteiger partial charge in [0.1, 0.15) is 30.9 Å². The number of rotatable bonds is 10. The zero-order chi connectivity index (χ0) is 23.9. The van der Waals surface area contributed by atoms with Gasteiger partial charge in [-0.15, -0.1) is 0 Å². The first-order chi connectivity index (χ1) is 16.6. The Morgan fingerprint density at radius 1 is 1.03 bits per heavy atom. The van der Waals surface area contributed by atoms with Crippen LogP contribution in [-0.2, 0) is 6.54 Å². The van der Waals surface area contributed by atoms with Crippen molar-refractivity contribution in [1.82, 2.24) is 15.3 Å². The van der Waals surface area contributed by atoms with Gasteiger partial charge in [-0.25, -0.2) is 14.4 Å². The molecule has 0 saturated carbocycles. The highest BCUT2D eigenvalue weighted by atomic mass is 19.1. The molecule has 174 valence electrons. The van der Waals surface area contributed by atoms with E-state index in [9.17, 15) is 9.18 Å². The number of aromatic nitrogens is 2. The number of benzene rings is 3. The van der Waals surface area contributed by atoms with Crippen LogP contribution in [0.15, 0.2) is 60.9 Å². The van der Waals surface area contributed by atoms with Gasteiger partial charge < -0.3 is 20.1 Å². The van der Waals surface area contributed by atoms with Gasteiger partial charge in [-0.2, -0.15) is 0 Å². The van der Waals surface area contributed by atoms with E-state index < -0.39 is 0 Å². The van der Waals surface area contributed by atoms with E-state index in [1.807, 2.05) is 18.2 Å². The SMILES string of the molecule is COc1cc2ncnc(Nc3ccc(F)c(C)c3)c2cc1OCCNCc1ccc(C=O)cc1. The molecule has 0 atom stereocenters. The van der Waals surface area contributed by atoms with E-state index in [1.54, 1.807) is 44.4 Å². The maximum absolute atomic E-state index is 13.6. The van der Waals surface area contributed by atoms with E-state index in [0.29, 0.717) is 53.7 Å². The Kier molecular flexibility index (Phi) is 7.29. The van der Waals surface area contributed by atoms with E-state index in [1.165, 1.54) is 12.4 Å². The van der Waals surface area contributed by atoms with Crippen LogP contribution in [0.2, 0.25) is 0 Å². The second-order valence-corrected chi connectivity index (χ2v) is 7.72. The summed E-state index contributed by atoms with van der Waals surface area (Å²) in [6.07, 6.45) is 2.29. The molecule has 0 unspecified atom stereocenters. The third-order valence-electron chi connectivity index (χ3n) is 5.32. The van der Waals surface area contributed by atoms with Crippen LogP contribution in [0.1, 0.15) is 21.5 Å². The summed E-state index contributed by atoms with van der Waals surface area (Å²) in [4.78, 5) is 19.5. The normalized spacial score (nSPS) is 10.8. The average molecular weight is 461 g/mol. The Morgan fingerprint density at radius 2 is 1.85 bits per heavy atom.